The van der Waals surface area contributed by atoms with Gasteiger partial charge in [-0.2, -0.15) is 0 Å². The SMILES string of the molecule is CC[C@]1(C)NC(=O)N(CC(=O)OCc2cc(=O)n3ccsc3n2)C1=O. The predicted molar refractivity (Wildman–Crippen MR) is 88.1 cm³/mol. The van der Waals surface area contributed by atoms with E-state index in [4.69, 9.17) is 4.74 Å². The molecule has 3 rings (SSSR count). The first kappa shape index (κ1) is 17.1. The maximum atomic E-state index is 12.2. The highest BCUT2D eigenvalue weighted by Gasteiger charge is 2.47. The Hall–Kier alpha value is -2.75. The van der Waals surface area contributed by atoms with Gasteiger partial charge in [-0.25, -0.2) is 9.78 Å². The third-order valence-corrected chi connectivity index (χ3v) is 4.83. The molecule has 0 aromatic carbocycles. The zero-order chi connectivity index (χ0) is 18.2. The van der Waals surface area contributed by atoms with Gasteiger partial charge in [-0.05, 0) is 13.3 Å². The van der Waals surface area contributed by atoms with E-state index in [1.54, 1.807) is 25.4 Å². The van der Waals surface area contributed by atoms with Crippen molar-refractivity contribution in [3.63, 3.8) is 0 Å². The molecule has 1 aliphatic heterocycles. The quantitative estimate of drug-likeness (QED) is 0.612. The van der Waals surface area contributed by atoms with Gasteiger partial charge in [0.15, 0.2) is 4.96 Å². The molecule has 0 radical (unpaired) electrons. The maximum Gasteiger partial charge on any atom is 0.326 e. The van der Waals surface area contributed by atoms with Crippen LogP contribution in [0, 0.1) is 0 Å². The smallest absolute Gasteiger partial charge is 0.326 e. The van der Waals surface area contributed by atoms with Gasteiger partial charge in [-0.15, -0.1) is 11.3 Å². The van der Waals surface area contributed by atoms with E-state index in [0.717, 1.165) is 4.90 Å². The lowest BCUT2D eigenvalue weighted by Gasteiger charge is -2.18. The summed E-state index contributed by atoms with van der Waals surface area (Å²) in [7, 11) is 0. The summed E-state index contributed by atoms with van der Waals surface area (Å²) in [5.74, 6) is -1.22. The molecule has 0 aliphatic carbocycles. The van der Waals surface area contributed by atoms with Crippen molar-refractivity contribution in [2.24, 2.45) is 0 Å². The molecule has 0 saturated carbocycles. The Labute approximate surface area is 146 Å². The molecule has 3 amide bonds. The fourth-order valence-corrected chi connectivity index (χ4v) is 3.16. The van der Waals surface area contributed by atoms with Crippen molar-refractivity contribution in [1.29, 1.82) is 0 Å². The first-order valence-electron chi connectivity index (χ1n) is 7.59. The number of esters is 1. The van der Waals surface area contributed by atoms with Crippen LogP contribution in [0.1, 0.15) is 26.0 Å². The average Bonchev–Trinajstić information content (AvgIpc) is 3.13. The molecule has 3 heterocycles. The average molecular weight is 364 g/mol. The second kappa shape index (κ2) is 6.28. The number of nitrogens with zero attached hydrogens (tertiary/aromatic N) is 3. The molecule has 1 atom stereocenters. The molecule has 1 N–H and O–H groups in total. The second-order valence-electron chi connectivity index (χ2n) is 5.81. The van der Waals surface area contributed by atoms with E-state index >= 15 is 0 Å². The Morgan fingerprint density at radius 3 is 2.84 bits per heavy atom. The molecule has 0 spiro atoms. The summed E-state index contributed by atoms with van der Waals surface area (Å²) >= 11 is 1.28. The highest BCUT2D eigenvalue weighted by Crippen LogP contribution is 2.20. The highest BCUT2D eigenvalue weighted by molar-refractivity contribution is 7.15. The Bertz CT molecular complexity index is 920. The number of carbonyl (C=O) groups is 3. The molecule has 0 unspecified atom stereocenters. The fraction of sp³-hybridized carbons (Fsp3) is 0.400. The van der Waals surface area contributed by atoms with Crippen LogP contribution in [0.5, 0.6) is 0 Å². The van der Waals surface area contributed by atoms with Gasteiger partial charge in [0, 0.05) is 17.6 Å². The largest absolute Gasteiger partial charge is 0.458 e. The van der Waals surface area contributed by atoms with Crippen LogP contribution in [0.15, 0.2) is 22.4 Å². The summed E-state index contributed by atoms with van der Waals surface area (Å²) in [4.78, 5) is 53.4. The van der Waals surface area contributed by atoms with Gasteiger partial charge in [0.05, 0.1) is 5.69 Å². The van der Waals surface area contributed by atoms with Crippen LogP contribution in [0.25, 0.3) is 4.96 Å². The normalized spacial score (nSPS) is 20.2. The van der Waals surface area contributed by atoms with Crippen LogP contribution in [0.3, 0.4) is 0 Å². The number of rotatable bonds is 5. The minimum atomic E-state index is -1.00. The number of hydrogen-bond donors (Lipinski definition) is 1. The monoisotopic (exact) mass is 364 g/mol. The molecule has 2 aromatic rings. The van der Waals surface area contributed by atoms with E-state index in [2.05, 4.69) is 10.3 Å². The van der Waals surface area contributed by atoms with Gasteiger partial charge >= 0.3 is 12.0 Å². The molecule has 9 nitrogen and oxygen atoms in total. The number of aromatic nitrogens is 2. The molecule has 0 bridgehead atoms. The summed E-state index contributed by atoms with van der Waals surface area (Å²) in [6, 6.07) is 0.650. The molecule has 1 fully saturated rings. The van der Waals surface area contributed by atoms with Crippen LogP contribution < -0.4 is 10.9 Å². The van der Waals surface area contributed by atoms with Gasteiger partial charge in [0.2, 0.25) is 0 Å². The number of hydrogen-bond acceptors (Lipinski definition) is 7. The van der Waals surface area contributed by atoms with Crippen LogP contribution in [0.4, 0.5) is 4.79 Å². The van der Waals surface area contributed by atoms with E-state index in [0.29, 0.717) is 17.1 Å². The van der Waals surface area contributed by atoms with E-state index in [-0.39, 0.29) is 12.2 Å². The highest BCUT2D eigenvalue weighted by atomic mass is 32.1. The van der Waals surface area contributed by atoms with Gasteiger partial charge < -0.3 is 10.1 Å². The molecular formula is C15H16N4O5S. The number of imide groups is 1. The standard InChI is InChI=1S/C15H16N4O5S/c1-3-15(2)12(22)19(13(23)17-15)7-11(21)24-8-9-6-10(20)18-4-5-25-14(18)16-9/h4-6H,3,7-8H2,1-2H3,(H,17,23)/t15-/m0/s1. The zero-order valence-corrected chi connectivity index (χ0v) is 14.5. The Kier molecular flexibility index (Phi) is 4.29. The lowest BCUT2D eigenvalue weighted by Crippen LogP contribution is -2.43. The fourth-order valence-electron chi connectivity index (χ4n) is 2.42. The van der Waals surface area contributed by atoms with Gasteiger partial charge in [-0.3, -0.25) is 23.7 Å². The number of nitrogens with one attached hydrogen (secondary N) is 1. The van der Waals surface area contributed by atoms with Crippen LogP contribution >= 0.6 is 11.3 Å². The van der Waals surface area contributed by atoms with Crippen molar-refractivity contribution in [3.8, 4) is 0 Å². The number of fused-ring (bicyclic) bond motifs is 1. The minimum absolute atomic E-state index is 0.211. The Balaban J connectivity index is 1.64. The van der Waals surface area contributed by atoms with Crippen LogP contribution in [-0.4, -0.2) is 44.3 Å². The van der Waals surface area contributed by atoms with Crippen molar-refractivity contribution in [1.82, 2.24) is 19.6 Å². The van der Waals surface area contributed by atoms with Crippen molar-refractivity contribution in [2.45, 2.75) is 32.4 Å². The summed E-state index contributed by atoms with van der Waals surface area (Å²) in [5, 5.41) is 4.28. The summed E-state index contributed by atoms with van der Waals surface area (Å²) < 4.78 is 6.43. The van der Waals surface area contributed by atoms with Gasteiger partial charge in [-0.1, -0.05) is 6.92 Å². The van der Waals surface area contributed by atoms with E-state index < -0.39 is 30.0 Å². The molecule has 2 aromatic heterocycles. The predicted octanol–water partition coefficient (Wildman–Crippen LogP) is 0.520. The molecule has 1 saturated heterocycles. The first-order chi connectivity index (χ1) is 11.8. The van der Waals surface area contributed by atoms with Crippen LogP contribution in [0.2, 0.25) is 0 Å². The van der Waals surface area contributed by atoms with Crippen molar-refractivity contribution in [2.75, 3.05) is 6.54 Å². The van der Waals surface area contributed by atoms with E-state index in [1.807, 2.05) is 0 Å². The number of thiazole rings is 1. The number of ether oxygens (including phenoxy) is 1. The number of carbonyl (C=O) groups excluding carboxylic acids is 3. The molecule has 1 aliphatic rings. The third kappa shape index (κ3) is 3.12. The molecule has 25 heavy (non-hydrogen) atoms. The minimum Gasteiger partial charge on any atom is -0.458 e. The Morgan fingerprint density at radius 1 is 1.40 bits per heavy atom. The van der Waals surface area contributed by atoms with Gasteiger partial charge in [0.1, 0.15) is 18.7 Å². The van der Waals surface area contributed by atoms with Crippen LogP contribution in [-0.2, 0) is 20.9 Å². The summed E-state index contributed by atoms with van der Waals surface area (Å²) in [5.41, 5.74) is -0.973. The topological polar surface area (TPSA) is 110 Å². The number of amides is 3. The lowest BCUT2D eigenvalue weighted by atomic mass is 9.99. The molecule has 10 heteroatoms. The maximum absolute atomic E-state index is 12.2. The molecule has 132 valence electrons. The Morgan fingerprint density at radius 2 is 2.16 bits per heavy atom. The van der Waals surface area contributed by atoms with Crippen molar-refractivity contribution in [3.05, 3.63) is 33.7 Å². The first-order valence-corrected chi connectivity index (χ1v) is 8.47. The summed E-state index contributed by atoms with van der Waals surface area (Å²) in [6.45, 7) is 2.68. The second-order valence-corrected chi connectivity index (χ2v) is 6.68. The van der Waals surface area contributed by atoms with E-state index in [9.17, 15) is 19.2 Å². The molecular weight excluding hydrogens is 348 g/mol. The van der Waals surface area contributed by atoms with Crippen molar-refractivity contribution >= 4 is 34.2 Å². The summed E-state index contributed by atoms with van der Waals surface area (Å²) in [6.07, 6.45) is 2.02. The van der Waals surface area contributed by atoms with Crippen molar-refractivity contribution < 1.29 is 19.1 Å². The third-order valence-electron chi connectivity index (χ3n) is 4.08. The zero-order valence-electron chi connectivity index (χ0n) is 13.6. The lowest BCUT2D eigenvalue weighted by molar-refractivity contribution is -0.148. The van der Waals surface area contributed by atoms with Gasteiger partial charge in [0.25, 0.3) is 11.5 Å². The number of urea groups is 1. The van der Waals surface area contributed by atoms with E-state index in [1.165, 1.54) is 21.8 Å².